The molecule has 0 unspecified atom stereocenters. The van der Waals surface area contributed by atoms with E-state index in [0.717, 1.165) is 22.2 Å². The first kappa shape index (κ1) is 17.1. The van der Waals surface area contributed by atoms with Gasteiger partial charge in [-0.25, -0.2) is 0 Å². The molecule has 0 aliphatic rings. The number of non-ortho nitro benzene ring substituents is 1. The number of nitrogens with one attached hydrogen (secondary N) is 1. The van der Waals surface area contributed by atoms with Gasteiger partial charge in [-0.1, -0.05) is 0 Å². The Labute approximate surface area is 154 Å². The molecule has 0 aliphatic heterocycles. The van der Waals surface area contributed by atoms with Crippen LogP contribution in [0.15, 0.2) is 78.9 Å². The molecule has 0 bridgehead atoms. The molecule has 0 heterocycles. The Balaban J connectivity index is 1.79. The van der Waals surface area contributed by atoms with Crippen LogP contribution in [0.3, 0.4) is 0 Å². The van der Waals surface area contributed by atoms with Gasteiger partial charge in [0.25, 0.3) is 0 Å². The molecule has 25 heavy (non-hydrogen) atoms. The number of anilines is 1. The van der Waals surface area contributed by atoms with E-state index in [1.165, 1.54) is 23.3 Å². The van der Waals surface area contributed by atoms with Gasteiger partial charge in [0, 0.05) is 0 Å². The summed E-state index contributed by atoms with van der Waals surface area (Å²) in [5.74, 6) is 0. The molecule has 3 aromatic carbocycles. The summed E-state index contributed by atoms with van der Waals surface area (Å²) in [5.41, 5.74) is 4.42. The maximum absolute atomic E-state index is 10.7. The van der Waals surface area contributed by atoms with Crippen LogP contribution in [-0.2, 0) is 6.42 Å². The number of nitrogens with zero attached hydrogens (tertiary/aromatic N) is 1. The van der Waals surface area contributed by atoms with Crippen molar-refractivity contribution in [2.45, 2.75) is 6.42 Å². The van der Waals surface area contributed by atoms with Gasteiger partial charge < -0.3 is 0 Å². The molecule has 0 amide bonds. The Morgan fingerprint density at radius 1 is 0.920 bits per heavy atom. The van der Waals surface area contributed by atoms with Crippen molar-refractivity contribution >= 4 is 31.5 Å². The van der Waals surface area contributed by atoms with E-state index in [1.54, 1.807) is 12.1 Å². The molecule has 0 aromatic heterocycles. The number of hydrogen-bond acceptors (Lipinski definition) is 3. The molecule has 0 radical (unpaired) electrons. The van der Waals surface area contributed by atoms with Crippen LogP contribution in [-0.4, -0.2) is 25.0 Å². The zero-order chi connectivity index (χ0) is 17.6. The van der Waals surface area contributed by atoms with E-state index in [-0.39, 0.29) is 5.69 Å². The monoisotopic (exact) mass is 396 g/mol. The predicted molar refractivity (Wildman–Crippen MR) is 102 cm³/mol. The van der Waals surface area contributed by atoms with Gasteiger partial charge in [-0.05, 0) is 0 Å². The summed E-state index contributed by atoms with van der Waals surface area (Å²) in [6, 6.07) is 24.9. The number of hydrogen-bond donors (Lipinski definition) is 1. The van der Waals surface area contributed by atoms with Gasteiger partial charge in [-0.3, -0.25) is 0 Å². The predicted octanol–water partition coefficient (Wildman–Crippen LogP) is 3.94. The fraction of sp³-hybridized carbons (Fsp3) is 0.0500. The summed E-state index contributed by atoms with van der Waals surface area (Å²) in [6.07, 6.45) is 0.837. The normalized spacial score (nSPS) is 10.2. The first-order chi connectivity index (χ1) is 12.1. The molecule has 0 spiro atoms. The first-order valence-electron chi connectivity index (χ1n) is 7.81. The quantitative estimate of drug-likeness (QED) is 0.391. The molecular formula is C20H16N2O2Se. The second-order valence-corrected chi connectivity index (χ2v) is 6.43. The van der Waals surface area contributed by atoms with Crippen LogP contribution in [0.4, 0.5) is 11.4 Å². The average molecular weight is 395 g/mol. The van der Waals surface area contributed by atoms with Crippen LogP contribution in [0.1, 0.15) is 16.7 Å². The maximum atomic E-state index is 10.7. The number of benzene rings is 3. The summed E-state index contributed by atoms with van der Waals surface area (Å²) >= 11 is 3.08. The van der Waals surface area contributed by atoms with Gasteiger partial charge in [0.2, 0.25) is 0 Å². The average Bonchev–Trinajstić information content (AvgIpc) is 2.63. The van der Waals surface area contributed by atoms with Crippen molar-refractivity contribution in [2.75, 3.05) is 5.32 Å². The van der Waals surface area contributed by atoms with Crippen molar-refractivity contribution in [3.8, 4) is 0 Å². The van der Waals surface area contributed by atoms with Crippen LogP contribution >= 0.6 is 0 Å². The van der Waals surface area contributed by atoms with E-state index in [2.05, 4.69) is 45.2 Å². The summed E-state index contributed by atoms with van der Waals surface area (Å²) in [7, 11) is 0. The second kappa shape index (κ2) is 7.88. The Bertz CT molecular complexity index is 893. The fourth-order valence-corrected chi connectivity index (χ4v) is 3.24. The molecule has 124 valence electrons. The number of nitro benzene ring substituents is 1. The Morgan fingerprint density at radius 2 is 1.56 bits per heavy atom. The van der Waals surface area contributed by atoms with Crippen LogP contribution < -0.4 is 5.32 Å². The molecule has 0 fully saturated rings. The van der Waals surface area contributed by atoms with Crippen molar-refractivity contribution in [3.63, 3.8) is 0 Å². The molecule has 3 rings (SSSR count). The van der Waals surface area contributed by atoms with Crippen LogP contribution in [0.2, 0.25) is 0 Å². The standard InChI is InChI=1S/C20H16N2O2Se/c23-22(24)18-12-10-17(11-13-18)21-20(25)19-9-5-4-8-16(19)14-15-6-2-1-3-7-15/h1-13H,14H2,(H,21,25). The van der Waals surface area contributed by atoms with Crippen molar-refractivity contribution in [1.29, 1.82) is 0 Å². The number of nitro groups is 1. The molecule has 1 N–H and O–H groups in total. The van der Waals surface area contributed by atoms with Gasteiger partial charge in [0.15, 0.2) is 0 Å². The van der Waals surface area contributed by atoms with Gasteiger partial charge in [-0.2, -0.15) is 0 Å². The molecule has 0 saturated carbocycles. The minimum absolute atomic E-state index is 0.0802. The molecule has 0 atom stereocenters. The van der Waals surface area contributed by atoms with Gasteiger partial charge in [-0.15, -0.1) is 0 Å². The first-order valence-corrected chi connectivity index (χ1v) is 8.67. The zero-order valence-corrected chi connectivity index (χ0v) is 15.1. The van der Waals surface area contributed by atoms with Crippen LogP contribution in [0, 0.1) is 10.1 Å². The van der Waals surface area contributed by atoms with E-state index >= 15 is 0 Å². The van der Waals surface area contributed by atoms with Crippen molar-refractivity contribution in [3.05, 3.63) is 106 Å². The van der Waals surface area contributed by atoms with E-state index in [4.69, 9.17) is 0 Å². The minimum atomic E-state index is -0.401. The Kier molecular flexibility index (Phi) is 5.39. The summed E-state index contributed by atoms with van der Waals surface area (Å²) < 4.78 is 0.889. The second-order valence-electron chi connectivity index (χ2n) is 5.58. The van der Waals surface area contributed by atoms with Crippen LogP contribution in [0.25, 0.3) is 0 Å². The molecule has 0 saturated heterocycles. The molecular weight excluding hydrogens is 379 g/mol. The van der Waals surface area contributed by atoms with Gasteiger partial charge in [0.1, 0.15) is 0 Å². The van der Waals surface area contributed by atoms with E-state index in [0.29, 0.717) is 0 Å². The van der Waals surface area contributed by atoms with Gasteiger partial charge in [0.05, 0.1) is 0 Å². The van der Waals surface area contributed by atoms with Crippen molar-refractivity contribution in [2.24, 2.45) is 0 Å². The summed E-state index contributed by atoms with van der Waals surface area (Å²) in [6.45, 7) is 0. The topological polar surface area (TPSA) is 55.2 Å². The Morgan fingerprint density at radius 3 is 2.24 bits per heavy atom. The molecule has 3 aromatic rings. The van der Waals surface area contributed by atoms with Crippen LogP contribution in [0.5, 0.6) is 0 Å². The van der Waals surface area contributed by atoms with Crippen molar-refractivity contribution < 1.29 is 4.92 Å². The van der Waals surface area contributed by atoms with E-state index in [9.17, 15) is 10.1 Å². The van der Waals surface area contributed by atoms with Crippen molar-refractivity contribution in [1.82, 2.24) is 0 Å². The summed E-state index contributed by atoms with van der Waals surface area (Å²) in [5, 5.41) is 14.0. The SMILES string of the molecule is O=[N+]([O-])c1ccc(NC(=[Se])c2ccccc2Cc2ccccc2)cc1. The zero-order valence-electron chi connectivity index (χ0n) is 13.4. The molecule has 4 nitrogen and oxygen atoms in total. The molecule has 5 heteroatoms. The van der Waals surface area contributed by atoms with E-state index in [1.807, 2.05) is 30.3 Å². The third kappa shape index (κ3) is 4.41. The fourth-order valence-electron chi connectivity index (χ4n) is 2.58. The molecule has 0 aliphatic carbocycles. The third-order valence-electron chi connectivity index (χ3n) is 3.84. The van der Waals surface area contributed by atoms with E-state index < -0.39 is 4.92 Å². The van der Waals surface area contributed by atoms with Gasteiger partial charge >= 0.3 is 154 Å². The number of rotatable bonds is 6. The summed E-state index contributed by atoms with van der Waals surface area (Å²) in [4.78, 5) is 10.3. The third-order valence-corrected chi connectivity index (χ3v) is 4.51. The Hall–Kier alpha value is -2.75.